The minimum atomic E-state index is -0.475. The third-order valence-corrected chi connectivity index (χ3v) is 4.24. The van der Waals surface area contributed by atoms with Gasteiger partial charge in [-0.2, -0.15) is 0 Å². The SMILES string of the molecule is CCOC(=O)C1=C(C)C(Cl)=N/C1=C\c1[nH]c(C)c(C(=O)OCC)c1C. The Balaban J connectivity index is 2.48. The average Bonchev–Trinajstić information content (AvgIpc) is 2.96. The Morgan fingerprint density at radius 3 is 2.32 bits per heavy atom. The van der Waals surface area contributed by atoms with Gasteiger partial charge < -0.3 is 14.5 Å². The van der Waals surface area contributed by atoms with Crippen molar-refractivity contribution in [2.75, 3.05) is 13.2 Å². The highest BCUT2D eigenvalue weighted by atomic mass is 35.5. The average molecular weight is 365 g/mol. The molecule has 0 aliphatic carbocycles. The second-order valence-electron chi connectivity index (χ2n) is 5.54. The number of aliphatic imine (C=N–C) groups is 1. The number of allylic oxidation sites excluding steroid dienone is 1. The Kier molecular flexibility index (Phi) is 5.85. The van der Waals surface area contributed by atoms with Crippen LogP contribution in [0, 0.1) is 13.8 Å². The number of aromatic nitrogens is 1. The quantitative estimate of drug-likeness (QED) is 0.808. The zero-order chi connectivity index (χ0) is 18.7. The maximum Gasteiger partial charge on any atom is 0.340 e. The van der Waals surface area contributed by atoms with Gasteiger partial charge in [-0.05, 0) is 46.3 Å². The molecule has 0 unspecified atom stereocenters. The van der Waals surface area contributed by atoms with Crippen molar-refractivity contribution >= 4 is 34.8 Å². The molecule has 0 bridgehead atoms. The second kappa shape index (κ2) is 7.70. The van der Waals surface area contributed by atoms with Crippen LogP contribution in [0.2, 0.25) is 0 Å². The van der Waals surface area contributed by atoms with Crippen LogP contribution in [-0.2, 0) is 14.3 Å². The van der Waals surface area contributed by atoms with E-state index in [1.807, 2.05) is 6.92 Å². The highest BCUT2D eigenvalue weighted by Gasteiger charge is 2.27. The van der Waals surface area contributed by atoms with E-state index in [0.717, 1.165) is 5.56 Å². The number of hydrogen-bond donors (Lipinski definition) is 1. The number of halogens is 1. The normalized spacial score (nSPS) is 15.6. The fourth-order valence-electron chi connectivity index (χ4n) is 2.67. The molecule has 0 radical (unpaired) electrons. The van der Waals surface area contributed by atoms with Gasteiger partial charge in [-0.1, -0.05) is 11.6 Å². The second-order valence-corrected chi connectivity index (χ2v) is 5.89. The largest absolute Gasteiger partial charge is 0.462 e. The van der Waals surface area contributed by atoms with Crippen molar-refractivity contribution in [2.24, 2.45) is 4.99 Å². The van der Waals surface area contributed by atoms with E-state index in [1.165, 1.54) is 0 Å². The number of ether oxygens (including phenoxy) is 2. The molecule has 1 aromatic rings. The fourth-order valence-corrected chi connectivity index (χ4v) is 2.86. The van der Waals surface area contributed by atoms with E-state index < -0.39 is 5.97 Å². The number of aromatic amines is 1. The van der Waals surface area contributed by atoms with E-state index in [9.17, 15) is 9.59 Å². The smallest absolute Gasteiger partial charge is 0.340 e. The molecule has 1 aromatic heterocycles. The van der Waals surface area contributed by atoms with Crippen molar-refractivity contribution in [2.45, 2.75) is 34.6 Å². The summed E-state index contributed by atoms with van der Waals surface area (Å²) in [6.45, 7) is 9.37. The number of aryl methyl sites for hydroxylation is 1. The molecular weight excluding hydrogens is 344 g/mol. The summed E-state index contributed by atoms with van der Waals surface area (Å²) in [7, 11) is 0. The number of H-pyrrole nitrogens is 1. The van der Waals surface area contributed by atoms with E-state index in [4.69, 9.17) is 21.1 Å². The Bertz CT molecular complexity index is 815. The Morgan fingerprint density at radius 1 is 1.12 bits per heavy atom. The third-order valence-electron chi connectivity index (χ3n) is 3.88. The first kappa shape index (κ1) is 19.0. The van der Waals surface area contributed by atoms with Crippen molar-refractivity contribution < 1.29 is 19.1 Å². The zero-order valence-corrected chi connectivity index (χ0v) is 15.7. The van der Waals surface area contributed by atoms with Crippen molar-refractivity contribution in [3.63, 3.8) is 0 Å². The molecule has 0 fully saturated rings. The molecule has 0 spiro atoms. The van der Waals surface area contributed by atoms with E-state index >= 15 is 0 Å². The lowest BCUT2D eigenvalue weighted by atomic mass is 10.1. The lowest BCUT2D eigenvalue weighted by molar-refractivity contribution is -0.138. The van der Waals surface area contributed by atoms with Gasteiger partial charge in [0.1, 0.15) is 5.17 Å². The summed E-state index contributed by atoms with van der Waals surface area (Å²) in [6, 6.07) is 0. The van der Waals surface area contributed by atoms with Gasteiger partial charge in [0, 0.05) is 17.0 Å². The predicted octanol–water partition coefficient (Wildman–Crippen LogP) is 3.68. The third kappa shape index (κ3) is 3.69. The monoisotopic (exact) mass is 364 g/mol. The molecule has 7 heteroatoms. The van der Waals surface area contributed by atoms with Crippen LogP contribution >= 0.6 is 11.6 Å². The summed E-state index contributed by atoms with van der Waals surface area (Å²) in [5.41, 5.74) is 3.87. The first-order valence-corrected chi connectivity index (χ1v) is 8.40. The maximum atomic E-state index is 12.2. The van der Waals surface area contributed by atoms with Crippen molar-refractivity contribution in [1.82, 2.24) is 4.98 Å². The van der Waals surface area contributed by atoms with E-state index in [1.54, 1.807) is 33.8 Å². The van der Waals surface area contributed by atoms with Crippen molar-refractivity contribution in [3.8, 4) is 0 Å². The number of carbonyl (C=O) groups is 2. The van der Waals surface area contributed by atoms with Crippen LogP contribution in [0.15, 0.2) is 21.8 Å². The number of esters is 2. The van der Waals surface area contributed by atoms with E-state index in [0.29, 0.717) is 40.4 Å². The highest BCUT2D eigenvalue weighted by Crippen LogP contribution is 2.31. The topological polar surface area (TPSA) is 80.8 Å². The lowest BCUT2D eigenvalue weighted by Crippen LogP contribution is -2.09. The molecule has 1 aliphatic heterocycles. The summed E-state index contributed by atoms with van der Waals surface area (Å²) in [6.07, 6.45) is 1.69. The minimum Gasteiger partial charge on any atom is -0.462 e. The number of nitrogens with zero attached hydrogens (tertiary/aromatic N) is 1. The number of nitrogens with one attached hydrogen (secondary N) is 1. The van der Waals surface area contributed by atoms with Crippen molar-refractivity contribution in [1.29, 1.82) is 0 Å². The standard InChI is InChI=1S/C18H21ClN2O4/c1-6-24-17(22)14-9(3)12(20-11(14)5)8-13-15(18(23)25-7-2)10(4)16(19)21-13/h8,20H,6-7H2,1-5H3/b13-8-. The summed E-state index contributed by atoms with van der Waals surface area (Å²) >= 11 is 6.09. The summed E-state index contributed by atoms with van der Waals surface area (Å²) < 4.78 is 10.2. The summed E-state index contributed by atoms with van der Waals surface area (Å²) in [5.74, 6) is -0.860. The van der Waals surface area contributed by atoms with E-state index in [2.05, 4.69) is 9.98 Å². The van der Waals surface area contributed by atoms with Crippen LogP contribution in [0.5, 0.6) is 0 Å². The zero-order valence-electron chi connectivity index (χ0n) is 14.9. The molecule has 0 atom stereocenters. The molecule has 0 aromatic carbocycles. The number of carbonyl (C=O) groups excluding carboxylic acids is 2. The van der Waals surface area contributed by atoms with Gasteiger partial charge in [-0.15, -0.1) is 0 Å². The Morgan fingerprint density at radius 2 is 1.72 bits per heavy atom. The van der Waals surface area contributed by atoms with Crippen molar-refractivity contribution in [3.05, 3.63) is 39.4 Å². The van der Waals surface area contributed by atoms with Gasteiger partial charge in [0.05, 0.1) is 30.0 Å². The molecular formula is C18H21ClN2O4. The van der Waals surface area contributed by atoms with Crippen LogP contribution in [0.1, 0.15) is 48.1 Å². The Labute approximate surface area is 151 Å². The number of rotatable bonds is 5. The molecule has 0 amide bonds. The van der Waals surface area contributed by atoms with Gasteiger partial charge in [0.15, 0.2) is 0 Å². The molecule has 1 N–H and O–H groups in total. The molecule has 134 valence electrons. The maximum absolute atomic E-state index is 12.2. The van der Waals surface area contributed by atoms with Crippen LogP contribution in [-0.4, -0.2) is 35.3 Å². The minimum absolute atomic E-state index is 0.251. The molecule has 6 nitrogen and oxygen atoms in total. The van der Waals surface area contributed by atoms with Gasteiger partial charge in [0.25, 0.3) is 0 Å². The number of hydrogen-bond acceptors (Lipinski definition) is 5. The van der Waals surface area contributed by atoms with Crippen LogP contribution in [0.3, 0.4) is 0 Å². The first-order chi connectivity index (χ1) is 11.8. The summed E-state index contributed by atoms with van der Waals surface area (Å²) in [5, 5.41) is 0.251. The van der Waals surface area contributed by atoms with Gasteiger partial charge >= 0.3 is 11.9 Å². The predicted molar refractivity (Wildman–Crippen MR) is 96.8 cm³/mol. The molecule has 0 saturated carbocycles. The lowest BCUT2D eigenvalue weighted by Gasteiger charge is -2.05. The van der Waals surface area contributed by atoms with Gasteiger partial charge in [-0.25, -0.2) is 14.6 Å². The molecule has 25 heavy (non-hydrogen) atoms. The molecule has 2 heterocycles. The fraction of sp³-hybridized carbons (Fsp3) is 0.389. The first-order valence-electron chi connectivity index (χ1n) is 8.02. The molecule has 0 saturated heterocycles. The van der Waals surface area contributed by atoms with Gasteiger partial charge in [0.2, 0.25) is 0 Å². The highest BCUT2D eigenvalue weighted by molar-refractivity contribution is 6.70. The van der Waals surface area contributed by atoms with Crippen LogP contribution in [0.25, 0.3) is 6.08 Å². The van der Waals surface area contributed by atoms with Crippen LogP contribution in [0.4, 0.5) is 0 Å². The van der Waals surface area contributed by atoms with E-state index in [-0.39, 0.29) is 17.7 Å². The molecule has 1 aliphatic rings. The van der Waals surface area contributed by atoms with Gasteiger partial charge in [-0.3, -0.25) is 0 Å². The molecule has 2 rings (SSSR count). The summed E-state index contributed by atoms with van der Waals surface area (Å²) in [4.78, 5) is 31.7. The van der Waals surface area contributed by atoms with Crippen LogP contribution < -0.4 is 0 Å². The Hall–Kier alpha value is -2.34.